The average molecular weight is 294 g/mol. The van der Waals surface area contributed by atoms with E-state index >= 15 is 0 Å². The van der Waals surface area contributed by atoms with Crippen molar-refractivity contribution in [3.05, 3.63) is 58.9 Å². The van der Waals surface area contributed by atoms with E-state index in [9.17, 15) is 13.2 Å². The molecule has 0 aliphatic heterocycles. The lowest BCUT2D eigenvalue weighted by atomic mass is 10.00. The zero-order valence-electron chi connectivity index (χ0n) is 12.1. The number of rotatable bonds is 3. The van der Waals surface area contributed by atoms with Gasteiger partial charge in [-0.05, 0) is 44.0 Å². The van der Waals surface area contributed by atoms with Crippen LogP contribution in [0.1, 0.15) is 35.3 Å². The van der Waals surface area contributed by atoms with Gasteiger partial charge in [0.25, 0.3) is 0 Å². The van der Waals surface area contributed by atoms with Crippen LogP contribution in [-0.4, -0.2) is 4.98 Å². The zero-order valence-corrected chi connectivity index (χ0v) is 12.1. The molecule has 0 aliphatic carbocycles. The largest absolute Gasteiger partial charge is 0.433 e. The molecule has 0 amide bonds. The lowest BCUT2D eigenvalue weighted by Crippen LogP contribution is -2.11. The van der Waals surface area contributed by atoms with Gasteiger partial charge in [0.2, 0.25) is 0 Å². The fraction of sp³-hybridized carbons (Fsp3) is 0.312. The maximum atomic E-state index is 12.5. The number of anilines is 1. The molecule has 21 heavy (non-hydrogen) atoms. The third-order valence-electron chi connectivity index (χ3n) is 3.34. The molecule has 0 bridgehead atoms. The molecule has 1 heterocycles. The highest BCUT2D eigenvalue weighted by molar-refractivity contribution is 5.45. The molecular weight excluding hydrogens is 277 g/mol. The predicted octanol–water partition coefficient (Wildman–Crippen LogP) is 4.89. The van der Waals surface area contributed by atoms with Crippen molar-refractivity contribution < 1.29 is 13.2 Å². The number of nitrogens with zero attached hydrogens (tertiary/aromatic N) is 1. The van der Waals surface area contributed by atoms with Gasteiger partial charge in [0.15, 0.2) is 0 Å². The Labute approximate surface area is 122 Å². The quantitative estimate of drug-likeness (QED) is 0.871. The van der Waals surface area contributed by atoms with Gasteiger partial charge in [-0.15, -0.1) is 0 Å². The predicted molar refractivity (Wildman–Crippen MR) is 77.2 cm³/mol. The molecule has 0 saturated carbocycles. The number of pyridine rings is 1. The molecule has 1 unspecified atom stereocenters. The van der Waals surface area contributed by atoms with Crippen LogP contribution in [0.4, 0.5) is 18.9 Å². The molecule has 2 rings (SSSR count). The number of nitrogens with one attached hydrogen (secondary N) is 1. The molecule has 2 nitrogen and oxygen atoms in total. The van der Waals surface area contributed by atoms with Gasteiger partial charge in [0, 0.05) is 6.04 Å². The molecule has 0 fully saturated rings. The van der Waals surface area contributed by atoms with E-state index in [2.05, 4.69) is 16.4 Å². The number of benzene rings is 1. The summed E-state index contributed by atoms with van der Waals surface area (Å²) in [6.07, 6.45) is -3.19. The highest BCUT2D eigenvalue weighted by atomic mass is 19.4. The van der Waals surface area contributed by atoms with Crippen LogP contribution in [0.25, 0.3) is 0 Å². The minimum absolute atomic E-state index is 0.0107. The molecule has 112 valence electrons. The first-order chi connectivity index (χ1) is 9.77. The Kier molecular flexibility index (Phi) is 4.21. The van der Waals surface area contributed by atoms with Crippen LogP contribution in [0.2, 0.25) is 0 Å². The number of hydrogen-bond donors (Lipinski definition) is 1. The number of hydrogen-bond acceptors (Lipinski definition) is 2. The zero-order chi connectivity index (χ0) is 15.6. The van der Waals surface area contributed by atoms with E-state index in [0.717, 1.165) is 22.8 Å². The number of aromatic nitrogens is 1. The van der Waals surface area contributed by atoms with Gasteiger partial charge < -0.3 is 5.32 Å². The molecule has 5 heteroatoms. The minimum Gasteiger partial charge on any atom is -0.377 e. The molecule has 1 N–H and O–H groups in total. The molecule has 2 aromatic rings. The van der Waals surface area contributed by atoms with Crippen LogP contribution in [0.15, 0.2) is 36.5 Å². The lowest BCUT2D eigenvalue weighted by molar-refractivity contribution is -0.141. The van der Waals surface area contributed by atoms with E-state index in [1.807, 2.05) is 32.9 Å². The van der Waals surface area contributed by atoms with Gasteiger partial charge in [-0.1, -0.05) is 23.8 Å². The highest BCUT2D eigenvalue weighted by Crippen LogP contribution is 2.29. The Morgan fingerprint density at radius 1 is 1.10 bits per heavy atom. The van der Waals surface area contributed by atoms with Crippen molar-refractivity contribution >= 4 is 5.69 Å². The summed E-state index contributed by atoms with van der Waals surface area (Å²) < 4.78 is 37.4. The minimum atomic E-state index is -4.41. The highest BCUT2D eigenvalue weighted by Gasteiger charge is 2.32. The second kappa shape index (κ2) is 5.76. The van der Waals surface area contributed by atoms with Crippen LogP contribution in [0.3, 0.4) is 0 Å². The van der Waals surface area contributed by atoms with Gasteiger partial charge in [0.05, 0.1) is 11.9 Å². The van der Waals surface area contributed by atoms with Gasteiger partial charge in [0.1, 0.15) is 5.69 Å². The smallest absolute Gasteiger partial charge is 0.377 e. The number of alkyl halides is 3. The summed E-state index contributed by atoms with van der Waals surface area (Å²) in [4.78, 5) is 3.45. The second-order valence-electron chi connectivity index (χ2n) is 5.16. The normalized spacial score (nSPS) is 13.0. The fourth-order valence-electron chi connectivity index (χ4n) is 2.20. The fourth-order valence-corrected chi connectivity index (χ4v) is 2.20. The summed E-state index contributed by atoms with van der Waals surface area (Å²) in [5.41, 5.74) is 3.09. The summed E-state index contributed by atoms with van der Waals surface area (Å²) in [5.74, 6) is 0. The van der Waals surface area contributed by atoms with E-state index in [1.54, 1.807) is 0 Å². The van der Waals surface area contributed by atoms with Crippen LogP contribution in [-0.2, 0) is 6.18 Å². The van der Waals surface area contributed by atoms with E-state index in [0.29, 0.717) is 5.69 Å². The van der Waals surface area contributed by atoms with E-state index in [4.69, 9.17) is 0 Å². The summed E-state index contributed by atoms with van der Waals surface area (Å²) in [7, 11) is 0. The van der Waals surface area contributed by atoms with Crippen molar-refractivity contribution in [2.75, 3.05) is 5.32 Å². The lowest BCUT2D eigenvalue weighted by Gasteiger charge is -2.18. The molecule has 1 aromatic carbocycles. The topological polar surface area (TPSA) is 24.9 Å². The van der Waals surface area contributed by atoms with Gasteiger partial charge >= 0.3 is 6.18 Å². The van der Waals surface area contributed by atoms with Crippen molar-refractivity contribution in [1.29, 1.82) is 0 Å². The maximum absolute atomic E-state index is 12.5. The van der Waals surface area contributed by atoms with Gasteiger partial charge in [-0.3, -0.25) is 0 Å². The van der Waals surface area contributed by atoms with E-state index < -0.39 is 11.9 Å². The third kappa shape index (κ3) is 3.74. The summed E-state index contributed by atoms with van der Waals surface area (Å²) in [6.45, 7) is 5.99. The first-order valence-electron chi connectivity index (χ1n) is 6.64. The monoisotopic (exact) mass is 294 g/mol. The van der Waals surface area contributed by atoms with E-state index in [-0.39, 0.29) is 6.04 Å². The van der Waals surface area contributed by atoms with Crippen molar-refractivity contribution in [2.24, 2.45) is 0 Å². The maximum Gasteiger partial charge on any atom is 0.433 e. The molecule has 0 radical (unpaired) electrons. The second-order valence-corrected chi connectivity index (χ2v) is 5.16. The van der Waals surface area contributed by atoms with Crippen LogP contribution >= 0.6 is 0 Å². The van der Waals surface area contributed by atoms with Gasteiger partial charge in [-0.25, -0.2) is 4.98 Å². The van der Waals surface area contributed by atoms with Crippen molar-refractivity contribution in [3.8, 4) is 0 Å². The van der Waals surface area contributed by atoms with E-state index in [1.165, 1.54) is 12.3 Å². The number of aryl methyl sites for hydroxylation is 2. The Morgan fingerprint density at radius 2 is 1.81 bits per heavy atom. The van der Waals surface area contributed by atoms with Crippen molar-refractivity contribution in [1.82, 2.24) is 4.98 Å². The third-order valence-corrected chi connectivity index (χ3v) is 3.34. The van der Waals surface area contributed by atoms with Crippen molar-refractivity contribution in [3.63, 3.8) is 0 Å². The summed E-state index contributed by atoms with van der Waals surface area (Å²) >= 11 is 0. The molecule has 0 saturated heterocycles. The Bertz CT molecular complexity index is 618. The van der Waals surface area contributed by atoms with Crippen LogP contribution in [0, 0.1) is 13.8 Å². The number of halogens is 3. The molecule has 0 spiro atoms. The summed E-state index contributed by atoms with van der Waals surface area (Å²) in [5, 5.41) is 3.18. The van der Waals surface area contributed by atoms with Gasteiger partial charge in [-0.2, -0.15) is 13.2 Å². The molecular formula is C16H17F3N2. The average Bonchev–Trinajstić information content (AvgIpc) is 2.41. The Hall–Kier alpha value is -2.04. The summed E-state index contributed by atoms with van der Waals surface area (Å²) in [6, 6.07) is 8.52. The first-order valence-corrected chi connectivity index (χ1v) is 6.64. The van der Waals surface area contributed by atoms with Crippen LogP contribution < -0.4 is 5.32 Å². The Balaban J connectivity index is 2.16. The molecule has 1 aromatic heterocycles. The van der Waals surface area contributed by atoms with Crippen LogP contribution in [0.5, 0.6) is 0 Å². The SMILES string of the molecule is Cc1ccc(C)c(C(C)Nc2ccc(C(F)(F)F)nc2)c1. The molecule has 1 atom stereocenters. The first kappa shape index (κ1) is 15.4. The Morgan fingerprint density at radius 3 is 2.38 bits per heavy atom. The molecule has 0 aliphatic rings. The standard InChI is InChI=1S/C16H17F3N2/c1-10-4-5-11(2)14(8-10)12(3)21-13-6-7-15(20-9-13)16(17,18)19/h4-9,12,21H,1-3H3. The van der Waals surface area contributed by atoms with Crippen molar-refractivity contribution in [2.45, 2.75) is 33.0 Å².